The van der Waals surface area contributed by atoms with E-state index >= 15 is 0 Å². The molecule has 2 N–H and O–H groups in total. The fraction of sp³-hybridized carbons (Fsp3) is 0.667. The Morgan fingerprint density at radius 1 is 1.46 bits per heavy atom. The number of hydrogen-bond acceptors (Lipinski definition) is 3. The van der Waals surface area contributed by atoms with E-state index in [-0.39, 0.29) is 5.54 Å². The van der Waals surface area contributed by atoms with Crippen molar-refractivity contribution in [3.63, 3.8) is 0 Å². The Morgan fingerprint density at radius 2 is 2.23 bits per heavy atom. The van der Waals surface area contributed by atoms with Gasteiger partial charge in [0.1, 0.15) is 0 Å². The Hall–Kier alpha value is -0.480. The molecule has 0 saturated carbocycles. The summed E-state index contributed by atoms with van der Waals surface area (Å²) in [5.41, 5.74) is 5.97. The summed E-state index contributed by atoms with van der Waals surface area (Å²) in [6.45, 7) is 0.704. The van der Waals surface area contributed by atoms with Crippen LogP contribution in [0.1, 0.15) is 12.8 Å². The Balaban J connectivity index is 2.23. The predicted molar refractivity (Wildman–Crippen MR) is 55.8 cm³/mol. The highest BCUT2D eigenvalue weighted by Gasteiger charge is 2.32. The molecule has 0 unspecified atom stereocenters. The molecule has 1 aromatic heterocycles. The summed E-state index contributed by atoms with van der Waals surface area (Å²) in [6, 6.07) is 1.97. The first-order valence-corrected chi connectivity index (χ1v) is 5.81. The van der Waals surface area contributed by atoms with Crippen LogP contribution in [-0.4, -0.2) is 27.8 Å². The summed E-state index contributed by atoms with van der Waals surface area (Å²) in [4.78, 5) is 0. The fourth-order valence-corrected chi connectivity index (χ4v) is 3.08. The lowest BCUT2D eigenvalue weighted by Crippen LogP contribution is -2.44. The molecular formula is C9H15N3S. The Kier molecular flexibility index (Phi) is 2.60. The van der Waals surface area contributed by atoms with Crippen LogP contribution in [0.15, 0.2) is 18.5 Å². The van der Waals surface area contributed by atoms with Crippen LogP contribution < -0.4 is 5.73 Å². The lowest BCUT2D eigenvalue weighted by atomic mass is 9.93. The largest absolute Gasteiger partial charge is 0.328 e. The second-order valence-corrected chi connectivity index (χ2v) is 4.72. The normalized spacial score (nSPS) is 21.6. The molecule has 1 fully saturated rings. The van der Waals surface area contributed by atoms with Gasteiger partial charge >= 0.3 is 0 Å². The molecule has 1 aromatic rings. The van der Waals surface area contributed by atoms with Crippen molar-refractivity contribution in [2.24, 2.45) is 5.73 Å². The zero-order valence-corrected chi connectivity index (χ0v) is 8.46. The second-order valence-electron chi connectivity index (χ2n) is 3.49. The van der Waals surface area contributed by atoms with Crippen LogP contribution in [-0.2, 0) is 5.54 Å². The fourth-order valence-electron chi connectivity index (χ4n) is 1.83. The number of hydrogen-bond donors (Lipinski definition) is 1. The number of aromatic nitrogens is 2. The molecule has 3 nitrogen and oxygen atoms in total. The van der Waals surface area contributed by atoms with Gasteiger partial charge in [-0.25, -0.2) is 0 Å². The molecule has 2 heterocycles. The van der Waals surface area contributed by atoms with Crippen molar-refractivity contribution in [3.8, 4) is 0 Å². The van der Waals surface area contributed by atoms with Gasteiger partial charge in [0.2, 0.25) is 0 Å². The van der Waals surface area contributed by atoms with Gasteiger partial charge in [-0.1, -0.05) is 0 Å². The van der Waals surface area contributed by atoms with Crippen molar-refractivity contribution in [1.82, 2.24) is 9.78 Å². The summed E-state index contributed by atoms with van der Waals surface area (Å²) >= 11 is 2.01. The molecule has 0 aromatic carbocycles. The summed E-state index contributed by atoms with van der Waals surface area (Å²) in [7, 11) is 0. The standard InChI is InChI=1S/C9H15N3S/c10-8-9(2-6-13-7-3-9)12-5-1-4-11-12/h1,4-5H,2-3,6-8,10H2. The molecule has 1 aliphatic heterocycles. The smallest absolute Gasteiger partial charge is 0.0764 e. The minimum Gasteiger partial charge on any atom is -0.328 e. The average Bonchev–Trinajstić information content (AvgIpc) is 2.72. The molecule has 4 heteroatoms. The molecule has 72 valence electrons. The Bertz CT molecular complexity index is 252. The zero-order valence-electron chi connectivity index (χ0n) is 7.65. The van der Waals surface area contributed by atoms with Crippen molar-refractivity contribution in [3.05, 3.63) is 18.5 Å². The first-order valence-electron chi connectivity index (χ1n) is 4.65. The molecule has 13 heavy (non-hydrogen) atoms. The third-order valence-electron chi connectivity index (χ3n) is 2.79. The molecular weight excluding hydrogens is 182 g/mol. The third kappa shape index (κ3) is 1.60. The molecule has 0 spiro atoms. The van der Waals surface area contributed by atoms with E-state index in [4.69, 9.17) is 5.73 Å². The summed E-state index contributed by atoms with van der Waals surface area (Å²) in [6.07, 6.45) is 6.16. The van der Waals surface area contributed by atoms with Gasteiger partial charge in [0.05, 0.1) is 5.54 Å². The van der Waals surface area contributed by atoms with Crippen molar-refractivity contribution in [2.75, 3.05) is 18.1 Å². The van der Waals surface area contributed by atoms with Crippen LogP contribution in [0.25, 0.3) is 0 Å². The lowest BCUT2D eigenvalue weighted by Gasteiger charge is -2.36. The first-order chi connectivity index (χ1) is 6.37. The maximum atomic E-state index is 5.86. The highest BCUT2D eigenvalue weighted by molar-refractivity contribution is 7.99. The van der Waals surface area contributed by atoms with Gasteiger partial charge in [0.25, 0.3) is 0 Å². The van der Waals surface area contributed by atoms with Crippen molar-refractivity contribution in [2.45, 2.75) is 18.4 Å². The molecule has 0 amide bonds. The minimum atomic E-state index is 0.106. The minimum absolute atomic E-state index is 0.106. The maximum absolute atomic E-state index is 5.86. The van der Waals surface area contributed by atoms with E-state index in [9.17, 15) is 0 Å². The summed E-state index contributed by atoms with van der Waals surface area (Å²) < 4.78 is 2.05. The summed E-state index contributed by atoms with van der Waals surface area (Å²) in [5, 5.41) is 4.31. The van der Waals surface area contributed by atoms with Crippen LogP contribution in [0, 0.1) is 0 Å². The third-order valence-corrected chi connectivity index (χ3v) is 3.78. The van der Waals surface area contributed by atoms with E-state index in [1.165, 1.54) is 11.5 Å². The molecule has 0 radical (unpaired) electrons. The molecule has 1 aliphatic rings. The molecule has 0 bridgehead atoms. The number of thioether (sulfide) groups is 1. The SMILES string of the molecule is NCC1(n2cccn2)CCSCC1. The highest BCUT2D eigenvalue weighted by atomic mass is 32.2. The highest BCUT2D eigenvalue weighted by Crippen LogP contribution is 2.31. The van der Waals surface area contributed by atoms with E-state index in [0.717, 1.165) is 12.8 Å². The van der Waals surface area contributed by atoms with Crippen LogP contribution in [0.4, 0.5) is 0 Å². The second kappa shape index (κ2) is 3.72. The molecule has 2 rings (SSSR count). The first kappa shape index (κ1) is 9.09. The van der Waals surface area contributed by atoms with Gasteiger partial charge in [-0.05, 0) is 30.4 Å². The van der Waals surface area contributed by atoms with E-state index in [2.05, 4.69) is 5.10 Å². The number of nitrogens with two attached hydrogens (primary N) is 1. The van der Waals surface area contributed by atoms with Crippen LogP contribution in [0.5, 0.6) is 0 Å². The van der Waals surface area contributed by atoms with Gasteiger partial charge in [-0.15, -0.1) is 0 Å². The number of nitrogens with zero attached hydrogens (tertiary/aromatic N) is 2. The quantitative estimate of drug-likeness (QED) is 0.771. The van der Waals surface area contributed by atoms with E-state index in [0.29, 0.717) is 6.54 Å². The van der Waals surface area contributed by atoms with E-state index in [1.807, 2.05) is 34.9 Å². The average molecular weight is 197 g/mol. The topological polar surface area (TPSA) is 43.8 Å². The van der Waals surface area contributed by atoms with Crippen LogP contribution in [0.2, 0.25) is 0 Å². The van der Waals surface area contributed by atoms with Gasteiger partial charge in [0.15, 0.2) is 0 Å². The molecule has 1 saturated heterocycles. The lowest BCUT2D eigenvalue weighted by molar-refractivity contribution is 0.243. The van der Waals surface area contributed by atoms with Crippen molar-refractivity contribution < 1.29 is 0 Å². The molecule has 0 atom stereocenters. The van der Waals surface area contributed by atoms with Crippen molar-refractivity contribution >= 4 is 11.8 Å². The monoisotopic (exact) mass is 197 g/mol. The van der Waals surface area contributed by atoms with Crippen LogP contribution in [0.3, 0.4) is 0 Å². The molecule has 0 aliphatic carbocycles. The van der Waals surface area contributed by atoms with Gasteiger partial charge in [0, 0.05) is 18.9 Å². The van der Waals surface area contributed by atoms with E-state index in [1.54, 1.807) is 0 Å². The van der Waals surface area contributed by atoms with E-state index < -0.39 is 0 Å². The van der Waals surface area contributed by atoms with Gasteiger partial charge in [-0.3, -0.25) is 4.68 Å². The Labute approximate surface area is 82.7 Å². The Morgan fingerprint density at radius 3 is 2.77 bits per heavy atom. The van der Waals surface area contributed by atoms with Crippen molar-refractivity contribution in [1.29, 1.82) is 0 Å². The van der Waals surface area contributed by atoms with Gasteiger partial charge < -0.3 is 5.73 Å². The zero-order chi connectivity index (χ0) is 9.15. The maximum Gasteiger partial charge on any atom is 0.0764 e. The number of rotatable bonds is 2. The predicted octanol–water partition coefficient (Wildman–Crippen LogP) is 1.06. The summed E-state index contributed by atoms with van der Waals surface area (Å²) in [5.74, 6) is 2.41. The van der Waals surface area contributed by atoms with Crippen LogP contribution >= 0.6 is 11.8 Å². The van der Waals surface area contributed by atoms with Gasteiger partial charge in [-0.2, -0.15) is 16.9 Å².